The smallest absolute Gasteiger partial charge is 0.163 e. The quantitative estimate of drug-likeness (QED) is 0.884. The van der Waals surface area contributed by atoms with E-state index < -0.39 is 9.84 Å². The maximum atomic E-state index is 11.8. The van der Waals surface area contributed by atoms with Gasteiger partial charge in [-0.3, -0.25) is 0 Å². The van der Waals surface area contributed by atoms with E-state index in [-0.39, 0.29) is 17.5 Å². The highest BCUT2D eigenvalue weighted by Crippen LogP contribution is 2.29. The number of hydrogen-bond donors (Lipinski definition) is 1. The van der Waals surface area contributed by atoms with Crippen LogP contribution in [0, 0.1) is 0 Å². The SMILES string of the molecule is CN(c1cc(NC2CC2)nc(-c2ccccc2)n1)C1CCS(=O)(=O)C1. The molecule has 1 saturated heterocycles. The van der Waals surface area contributed by atoms with Crippen LogP contribution in [0.1, 0.15) is 19.3 Å². The zero-order chi connectivity index (χ0) is 17.4. The van der Waals surface area contributed by atoms with Crippen molar-refractivity contribution in [2.45, 2.75) is 31.3 Å². The molecule has 1 aliphatic carbocycles. The first-order valence-electron chi connectivity index (χ1n) is 8.64. The van der Waals surface area contributed by atoms with Crippen LogP contribution in [-0.2, 0) is 9.84 Å². The Balaban J connectivity index is 1.68. The van der Waals surface area contributed by atoms with Crippen molar-refractivity contribution in [3.8, 4) is 11.4 Å². The summed E-state index contributed by atoms with van der Waals surface area (Å²) in [6.45, 7) is 0. The second-order valence-electron chi connectivity index (χ2n) is 6.89. The molecule has 2 heterocycles. The zero-order valence-electron chi connectivity index (χ0n) is 14.2. The minimum Gasteiger partial charge on any atom is -0.367 e. The van der Waals surface area contributed by atoms with Crippen LogP contribution in [0.2, 0.25) is 0 Å². The van der Waals surface area contributed by atoms with Gasteiger partial charge in [-0.15, -0.1) is 0 Å². The number of benzene rings is 1. The van der Waals surface area contributed by atoms with Gasteiger partial charge in [-0.25, -0.2) is 18.4 Å². The average molecular weight is 358 g/mol. The summed E-state index contributed by atoms with van der Waals surface area (Å²) in [6.07, 6.45) is 2.97. The minimum absolute atomic E-state index is 0.0303. The first kappa shape index (κ1) is 16.3. The summed E-state index contributed by atoms with van der Waals surface area (Å²) >= 11 is 0. The number of aromatic nitrogens is 2. The molecule has 25 heavy (non-hydrogen) atoms. The molecule has 1 atom stereocenters. The molecule has 0 radical (unpaired) electrons. The molecule has 1 unspecified atom stereocenters. The number of anilines is 2. The van der Waals surface area contributed by atoms with Gasteiger partial charge in [0, 0.05) is 30.8 Å². The molecule has 1 aliphatic heterocycles. The molecule has 132 valence electrons. The lowest BCUT2D eigenvalue weighted by molar-refractivity contribution is 0.600. The zero-order valence-corrected chi connectivity index (χ0v) is 15.0. The predicted molar refractivity (Wildman–Crippen MR) is 99.6 cm³/mol. The highest BCUT2D eigenvalue weighted by Gasteiger charge is 2.32. The highest BCUT2D eigenvalue weighted by molar-refractivity contribution is 7.91. The topological polar surface area (TPSA) is 75.2 Å². The van der Waals surface area contributed by atoms with E-state index in [1.165, 1.54) is 0 Å². The maximum Gasteiger partial charge on any atom is 0.163 e. The number of rotatable bonds is 5. The Morgan fingerprint density at radius 1 is 1.12 bits per heavy atom. The van der Waals surface area contributed by atoms with Gasteiger partial charge in [-0.2, -0.15) is 0 Å². The lowest BCUT2D eigenvalue weighted by Gasteiger charge is -2.25. The first-order valence-corrected chi connectivity index (χ1v) is 10.5. The van der Waals surface area contributed by atoms with Gasteiger partial charge < -0.3 is 10.2 Å². The molecule has 2 aromatic rings. The second-order valence-corrected chi connectivity index (χ2v) is 9.12. The lowest BCUT2D eigenvalue weighted by atomic mass is 10.2. The molecule has 1 N–H and O–H groups in total. The van der Waals surface area contributed by atoms with Crippen molar-refractivity contribution in [1.82, 2.24) is 9.97 Å². The summed E-state index contributed by atoms with van der Waals surface area (Å²) in [5.41, 5.74) is 0.954. The molecular weight excluding hydrogens is 336 g/mol. The Morgan fingerprint density at radius 3 is 2.52 bits per heavy atom. The van der Waals surface area contributed by atoms with E-state index in [9.17, 15) is 8.42 Å². The Kier molecular flexibility index (Phi) is 4.11. The number of nitrogens with zero attached hydrogens (tertiary/aromatic N) is 3. The third-order valence-electron chi connectivity index (χ3n) is 4.79. The molecule has 1 aromatic heterocycles. The molecule has 6 nitrogen and oxygen atoms in total. The van der Waals surface area contributed by atoms with Crippen molar-refractivity contribution in [2.75, 3.05) is 28.8 Å². The average Bonchev–Trinajstić information content (AvgIpc) is 3.35. The normalized spacial score (nSPS) is 21.9. The highest BCUT2D eigenvalue weighted by atomic mass is 32.2. The van der Waals surface area contributed by atoms with Crippen LogP contribution in [0.5, 0.6) is 0 Å². The monoisotopic (exact) mass is 358 g/mol. The van der Waals surface area contributed by atoms with Crippen LogP contribution in [-0.4, -0.2) is 49.0 Å². The van der Waals surface area contributed by atoms with Gasteiger partial charge in [0.05, 0.1) is 11.5 Å². The molecule has 1 aromatic carbocycles. The van der Waals surface area contributed by atoms with Crippen LogP contribution >= 0.6 is 0 Å². The van der Waals surface area contributed by atoms with E-state index in [1.807, 2.05) is 48.3 Å². The van der Waals surface area contributed by atoms with Gasteiger partial charge >= 0.3 is 0 Å². The number of nitrogens with one attached hydrogen (secondary N) is 1. The summed E-state index contributed by atoms with van der Waals surface area (Å²) < 4.78 is 23.6. The maximum absolute atomic E-state index is 11.8. The van der Waals surface area contributed by atoms with Gasteiger partial charge in [0.15, 0.2) is 15.7 Å². The summed E-state index contributed by atoms with van der Waals surface area (Å²) in [6, 6.07) is 12.3. The third kappa shape index (κ3) is 3.76. The van der Waals surface area contributed by atoms with E-state index >= 15 is 0 Å². The molecule has 4 rings (SSSR count). The Hall–Kier alpha value is -2.15. The van der Waals surface area contributed by atoms with Gasteiger partial charge in [0.2, 0.25) is 0 Å². The van der Waals surface area contributed by atoms with Gasteiger partial charge in [-0.05, 0) is 19.3 Å². The van der Waals surface area contributed by atoms with E-state index in [4.69, 9.17) is 4.98 Å². The molecular formula is C18H22N4O2S. The van der Waals surface area contributed by atoms with Crippen LogP contribution in [0.3, 0.4) is 0 Å². The van der Waals surface area contributed by atoms with Crippen molar-refractivity contribution >= 4 is 21.5 Å². The molecule has 2 aliphatic rings. The summed E-state index contributed by atoms with van der Waals surface area (Å²) in [7, 11) is -1.01. The van der Waals surface area contributed by atoms with Crippen molar-refractivity contribution in [1.29, 1.82) is 0 Å². The van der Waals surface area contributed by atoms with Crippen LogP contribution in [0.25, 0.3) is 11.4 Å². The summed E-state index contributed by atoms with van der Waals surface area (Å²) in [5, 5.41) is 3.43. The van der Waals surface area contributed by atoms with Gasteiger partial charge in [0.25, 0.3) is 0 Å². The van der Waals surface area contributed by atoms with Crippen LogP contribution in [0.4, 0.5) is 11.6 Å². The number of sulfone groups is 1. The van der Waals surface area contributed by atoms with Crippen molar-refractivity contribution in [3.05, 3.63) is 36.4 Å². The summed E-state index contributed by atoms with van der Waals surface area (Å²) in [5.74, 6) is 2.68. The molecule has 0 spiro atoms. The van der Waals surface area contributed by atoms with Gasteiger partial charge in [-0.1, -0.05) is 30.3 Å². The molecule has 0 amide bonds. The van der Waals surface area contributed by atoms with Crippen LogP contribution < -0.4 is 10.2 Å². The van der Waals surface area contributed by atoms with Gasteiger partial charge in [0.1, 0.15) is 11.6 Å². The fourth-order valence-electron chi connectivity index (χ4n) is 3.11. The number of hydrogen-bond acceptors (Lipinski definition) is 6. The van der Waals surface area contributed by atoms with Crippen LogP contribution in [0.15, 0.2) is 36.4 Å². The second kappa shape index (κ2) is 6.29. The largest absolute Gasteiger partial charge is 0.367 e. The Morgan fingerprint density at radius 2 is 1.88 bits per heavy atom. The molecule has 1 saturated carbocycles. The van der Waals surface area contributed by atoms with E-state index in [2.05, 4.69) is 10.3 Å². The standard InChI is InChI=1S/C18H22N4O2S/c1-22(15-9-10-25(23,24)12-15)17-11-16(19-14-7-8-14)20-18(21-17)13-5-3-2-4-6-13/h2-6,11,14-15H,7-10,12H2,1H3,(H,19,20,21). The van der Waals surface area contributed by atoms with Crippen molar-refractivity contribution in [2.24, 2.45) is 0 Å². The predicted octanol–water partition coefficient (Wildman–Crippen LogP) is 2.34. The van der Waals surface area contributed by atoms with E-state index in [1.54, 1.807) is 0 Å². The van der Waals surface area contributed by atoms with E-state index in [0.717, 1.165) is 30.0 Å². The Bertz CT molecular complexity index is 866. The lowest BCUT2D eigenvalue weighted by Crippen LogP contribution is -2.33. The fraction of sp³-hybridized carbons (Fsp3) is 0.444. The van der Waals surface area contributed by atoms with Crippen molar-refractivity contribution in [3.63, 3.8) is 0 Å². The van der Waals surface area contributed by atoms with Crippen molar-refractivity contribution < 1.29 is 8.42 Å². The third-order valence-corrected chi connectivity index (χ3v) is 6.54. The Labute approximate surface area is 148 Å². The van der Waals surface area contributed by atoms with E-state index in [0.29, 0.717) is 18.3 Å². The fourth-order valence-corrected chi connectivity index (χ4v) is 4.88. The summed E-state index contributed by atoms with van der Waals surface area (Å²) in [4.78, 5) is 11.3. The molecule has 2 fully saturated rings. The molecule has 7 heteroatoms. The molecule has 0 bridgehead atoms. The first-order chi connectivity index (χ1) is 12.0. The minimum atomic E-state index is -2.93.